The molecule has 0 bridgehead atoms. The van der Waals surface area contributed by atoms with Gasteiger partial charge < -0.3 is 30.3 Å². The molecule has 2 saturated carbocycles. The zero-order chi connectivity index (χ0) is 30.1. The zero-order valence-electron chi connectivity index (χ0n) is 24.2. The summed E-state index contributed by atoms with van der Waals surface area (Å²) < 4.78 is 10.3. The van der Waals surface area contributed by atoms with Crippen LogP contribution in [0.4, 0.5) is 0 Å². The summed E-state index contributed by atoms with van der Waals surface area (Å²) in [5.74, 6) is 1.18. The number of hydrogen-bond acceptors (Lipinski definition) is 8. The summed E-state index contributed by atoms with van der Waals surface area (Å²) in [6.45, 7) is 3.56. The zero-order valence-corrected chi connectivity index (χ0v) is 24.2. The molecule has 2 amide bonds. The van der Waals surface area contributed by atoms with E-state index in [1.165, 1.54) is 0 Å². The summed E-state index contributed by atoms with van der Waals surface area (Å²) in [4.78, 5) is 32.9. The van der Waals surface area contributed by atoms with Crippen LogP contribution in [0.25, 0.3) is 21.8 Å². The minimum atomic E-state index is -0.643. The smallest absolute Gasteiger partial charge is 0.253 e. The van der Waals surface area contributed by atoms with E-state index in [1.807, 2.05) is 48.5 Å². The first-order valence-corrected chi connectivity index (χ1v) is 13.9. The number of carbonyl (C=O) groups excluding carboxylic acids is 2. The molecule has 0 aliphatic heterocycles. The molecule has 4 N–H and O–H groups in total. The molecule has 0 atom stereocenters. The number of rotatable bonds is 6. The molecule has 2 heterocycles. The van der Waals surface area contributed by atoms with Crippen LogP contribution >= 0.6 is 0 Å². The Morgan fingerprint density at radius 2 is 1.10 bits per heavy atom. The fourth-order valence-corrected chi connectivity index (χ4v) is 5.45. The number of fused-ring (bicyclic) bond motifs is 2. The second-order valence-corrected chi connectivity index (χ2v) is 11.7. The van der Waals surface area contributed by atoms with Crippen LogP contribution < -0.4 is 20.1 Å². The topological polar surface area (TPSA) is 143 Å². The molecule has 0 radical (unpaired) electrons. The molecule has 42 heavy (non-hydrogen) atoms. The third kappa shape index (κ3) is 6.78. The maximum atomic E-state index is 12.2. The van der Waals surface area contributed by atoms with Gasteiger partial charge >= 0.3 is 0 Å². The van der Waals surface area contributed by atoms with Crippen molar-refractivity contribution in [1.29, 1.82) is 0 Å². The number of hydrogen-bond donors (Lipinski definition) is 4. The Labute approximate surface area is 244 Å². The van der Waals surface area contributed by atoms with Crippen molar-refractivity contribution >= 4 is 33.6 Å². The molecule has 10 heteroatoms. The molecular weight excluding hydrogens is 536 g/mol. The van der Waals surface area contributed by atoms with Gasteiger partial charge in [0.1, 0.15) is 11.5 Å². The Morgan fingerprint density at radius 3 is 1.43 bits per heavy atom. The summed E-state index contributed by atoms with van der Waals surface area (Å²) in [5, 5.41) is 27.0. The molecular formula is C32H36N4O6. The van der Waals surface area contributed by atoms with Gasteiger partial charge in [-0.1, -0.05) is 0 Å². The van der Waals surface area contributed by atoms with Crippen molar-refractivity contribution in [2.75, 3.05) is 14.2 Å². The monoisotopic (exact) mass is 572 g/mol. The van der Waals surface area contributed by atoms with Crippen molar-refractivity contribution < 1.29 is 29.3 Å². The van der Waals surface area contributed by atoms with E-state index in [9.17, 15) is 19.8 Å². The summed E-state index contributed by atoms with van der Waals surface area (Å²) in [5.41, 5.74) is 1.35. The second kappa shape index (κ2) is 11.5. The van der Waals surface area contributed by atoms with Crippen LogP contribution in [0.1, 0.15) is 60.2 Å². The molecule has 6 rings (SSSR count). The van der Waals surface area contributed by atoms with Crippen molar-refractivity contribution in [3.8, 4) is 11.5 Å². The maximum absolute atomic E-state index is 12.2. The van der Waals surface area contributed by atoms with E-state index in [0.717, 1.165) is 33.3 Å². The predicted molar refractivity (Wildman–Crippen MR) is 159 cm³/mol. The Morgan fingerprint density at radius 1 is 0.714 bits per heavy atom. The second-order valence-electron chi connectivity index (χ2n) is 11.7. The van der Waals surface area contributed by atoms with Gasteiger partial charge in [0.05, 0.1) is 47.6 Å². The third-order valence-corrected chi connectivity index (χ3v) is 7.72. The number of pyridine rings is 2. The molecule has 2 aliphatic carbocycles. The average Bonchev–Trinajstić information content (AvgIpc) is 2.94. The lowest BCUT2D eigenvalue weighted by atomic mass is 9.77. The van der Waals surface area contributed by atoms with Gasteiger partial charge in [-0.15, -0.1) is 0 Å². The number of ether oxygens (including phenoxy) is 2. The largest absolute Gasteiger partial charge is 0.497 e. The van der Waals surface area contributed by atoms with Gasteiger partial charge in [0, 0.05) is 47.4 Å². The number of nitrogens with one attached hydrogen (secondary N) is 2. The van der Waals surface area contributed by atoms with Crippen LogP contribution in [0, 0.1) is 0 Å². The molecule has 0 spiro atoms. The van der Waals surface area contributed by atoms with Crippen molar-refractivity contribution in [3.05, 3.63) is 72.1 Å². The van der Waals surface area contributed by atoms with Crippen LogP contribution in [0.2, 0.25) is 0 Å². The maximum Gasteiger partial charge on any atom is 0.253 e. The molecule has 10 nitrogen and oxygen atoms in total. The molecule has 0 unspecified atom stereocenters. The van der Waals surface area contributed by atoms with E-state index in [0.29, 0.717) is 36.8 Å². The van der Waals surface area contributed by atoms with E-state index in [-0.39, 0.29) is 23.9 Å². The number of carbonyl (C=O) groups is 2. The lowest BCUT2D eigenvalue weighted by Gasteiger charge is -2.41. The Balaban J connectivity index is 0.000000168. The van der Waals surface area contributed by atoms with E-state index in [4.69, 9.17) is 9.47 Å². The van der Waals surface area contributed by atoms with Crippen molar-refractivity contribution in [3.63, 3.8) is 0 Å². The van der Waals surface area contributed by atoms with Crippen molar-refractivity contribution in [1.82, 2.24) is 20.6 Å². The van der Waals surface area contributed by atoms with Gasteiger partial charge in [-0.2, -0.15) is 0 Å². The highest BCUT2D eigenvalue weighted by atomic mass is 16.5. The van der Waals surface area contributed by atoms with Gasteiger partial charge in [-0.05, 0) is 75.9 Å². The number of aromatic nitrogens is 2. The molecule has 2 aliphatic rings. The van der Waals surface area contributed by atoms with Crippen molar-refractivity contribution in [2.45, 2.75) is 62.8 Å². The van der Waals surface area contributed by atoms with E-state index in [2.05, 4.69) is 20.6 Å². The summed E-state index contributed by atoms with van der Waals surface area (Å²) in [7, 11) is 3.22. The summed E-state index contributed by atoms with van der Waals surface area (Å²) in [6.07, 6.45) is 5.50. The highest BCUT2D eigenvalue weighted by Crippen LogP contribution is 2.32. The molecule has 2 aromatic heterocycles. The summed E-state index contributed by atoms with van der Waals surface area (Å²) >= 11 is 0. The number of methoxy groups -OCH3 is 2. The van der Waals surface area contributed by atoms with Gasteiger partial charge in [-0.3, -0.25) is 19.6 Å². The fourth-order valence-electron chi connectivity index (χ4n) is 5.45. The predicted octanol–water partition coefficient (Wildman–Crippen LogP) is 3.77. The van der Waals surface area contributed by atoms with E-state index < -0.39 is 11.2 Å². The lowest BCUT2D eigenvalue weighted by molar-refractivity contribution is -0.0374. The highest BCUT2D eigenvalue weighted by Gasteiger charge is 2.40. The van der Waals surface area contributed by atoms with Gasteiger partial charge in [0.2, 0.25) is 0 Å². The number of nitrogens with zero attached hydrogens (tertiary/aromatic N) is 2. The van der Waals surface area contributed by atoms with Crippen LogP contribution in [-0.2, 0) is 0 Å². The Bertz CT molecular complexity index is 1500. The van der Waals surface area contributed by atoms with Gasteiger partial charge in [-0.25, -0.2) is 0 Å². The lowest BCUT2D eigenvalue weighted by Crippen LogP contribution is -2.53. The minimum Gasteiger partial charge on any atom is -0.497 e. The van der Waals surface area contributed by atoms with Crippen LogP contribution in [0.3, 0.4) is 0 Å². The molecule has 4 aromatic rings. The van der Waals surface area contributed by atoms with Gasteiger partial charge in [0.25, 0.3) is 11.8 Å². The summed E-state index contributed by atoms with van der Waals surface area (Å²) in [6, 6.07) is 14.8. The van der Waals surface area contributed by atoms with Crippen LogP contribution in [-0.4, -0.2) is 69.5 Å². The normalized spacial score (nSPS) is 24.4. The number of amides is 2. The first kappa shape index (κ1) is 29.2. The van der Waals surface area contributed by atoms with Gasteiger partial charge in [0.15, 0.2) is 0 Å². The minimum absolute atomic E-state index is 0.0408. The first-order chi connectivity index (χ1) is 19.9. The fraction of sp³-hybridized carbons (Fsp3) is 0.375. The molecule has 0 saturated heterocycles. The molecule has 2 fully saturated rings. The van der Waals surface area contributed by atoms with Crippen LogP contribution in [0.5, 0.6) is 11.5 Å². The van der Waals surface area contributed by atoms with Crippen molar-refractivity contribution in [2.24, 2.45) is 0 Å². The average molecular weight is 573 g/mol. The number of benzene rings is 2. The Kier molecular flexibility index (Phi) is 8.03. The Hall–Kier alpha value is -4.28. The molecule has 2 aromatic carbocycles. The standard InChI is InChI=1S/2C16H18N2O3/c2*1-16(20)7-12(8-16)18-15(19)11-5-10-3-4-13(21-2)6-14(10)17-9-11/h2*3-6,9,12,20H,7-8H2,1-2H3,(H,18,19). The first-order valence-electron chi connectivity index (χ1n) is 13.9. The molecule has 220 valence electrons. The SMILES string of the molecule is COc1ccc2cc(C(=O)NC3CC(C)(O)C3)cnc2c1.COc1ccc2cc(C(=O)NC3CC(C)(O)C3)cnc2c1. The quantitative estimate of drug-likeness (QED) is 0.274. The van der Waals surface area contributed by atoms with E-state index in [1.54, 1.807) is 40.5 Å². The van der Waals surface area contributed by atoms with Crippen LogP contribution in [0.15, 0.2) is 60.9 Å². The highest BCUT2D eigenvalue weighted by molar-refractivity contribution is 5.98. The third-order valence-electron chi connectivity index (χ3n) is 7.72. The number of aliphatic hydroxyl groups is 2. The van der Waals surface area contributed by atoms with E-state index >= 15 is 0 Å².